The number of aliphatic hydroxyl groups excluding tert-OH is 1. The molecule has 3 heterocycles. The van der Waals surface area contributed by atoms with Gasteiger partial charge in [0.1, 0.15) is 5.60 Å². The third kappa shape index (κ3) is 2.50. The Morgan fingerprint density at radius 2 is 1.84 bits per heavy atom. The summed E-state index contributed by atoms with van der Waals surface area (Å²) < 4.78 is 11.6. The first-order valence-electron chi connectivity index (χ1n) is 10.3. The minimum Gasteiger partial charge on any atom is -0.456 e. The summed E-state index contributed by atoms with van der Waals surface area (Å²) in [4.78, 5) is 50.8. The van der Waals surface area contributed by atoms with Crippen molar-refractivity contribution in [2.75, 3.05) is 13.7 Å². The molecular weight excluding hydrogens is 460 g/mol. The topological polar surface area (TPSA) is 134 Å². The second-order valence-electron chi connectivity index (χ2n) is 9.91. The molecule has 3 saturated heterocycles. The summed E-state index contributed by atoms with van der Waals surface area (Å²) in [5.74, 6) is -2.51. The van der Waals surface area contributed by atoms with Gasteiger partial charge in [-0.3, -0.25) is 19.2 Å². The molecule has 0 bridgehead atoms. The van der Waals surface area contributed by atoms with E-state index in [2.05, 4.69) is 25.3 Å². The average molecular weight is 489 g/mol. The summed E-state index contributed by atoms with van der Waals surface area (Å²) in [7, 11) is 1.32. The predicted octanol–water partition coefficient (Wildman–Crippen LogP) is -0.877. The molecule has 0 aromatic carbocycles. The van der Waals surface area contributed by atoms with E-state index in [4.69, 9.17) is 9.47 Å². The van der Waals surface area contributed by atoms with Crippen LogP contribution in [0.4, 0.5) is 0 Å². The molecule has 3 aliphatic heterocycles. The van der Waals surface area contributed by atoms with Crippen LogP contribution in [0.15, 0.2) is 0 Å². The van der Waals surface area contributed by atoms with Crippen LogP contribution in [0.1, 0.15) is 40.5 Å². The van der Waals surface area contributed by atoms with Crippen molar-refractivity contribution in [2.24, 2.45) is 5.41 Å². The average Bonchev–Trinajstić information content (AvgIpc) is 3.14. The van der Waals surface area contributed by atoms with Crippen molar-refractivity contribution >= 4 is 48.8 Å². The van der Waals surface area contributed by atoms with E-state index in [1.54, 1.807) is 20.8 Å². The second kappa shape index (κ2) is 6.62. The molecule has 12 heteroatoms. The molecule has 10 nitrogen and oxygen atoms in total. The summed E-state index contributed by atoms with van der Waals surface area (Å²) >= 11 is 8.79. The van der Waals surface area contributed by atoms with Crippen molar-refractivity contribution in [1.29, 1.82) is 0 Å². The number of fused-ring (bicyclic) bond motifs is 3. The van der Waals surface area contributed by atoms with Gasteiger partial charge in [-0.2, -0.15) is 0 Å². The van der Waals surface area contributed by atoms with E-state index in [1.807, 2.05) is 0 Å². The molecule has 7 atom stereocenters. The van der Waals surface area contributed by atoms with E-state index < -0.39 is 75.4 Å². The highest BCUT2D eigenvalue weighted by Gasteiger charge is 2.81. The van der Waals surface area contributed by atoms with Crippen LogP contribution in [-0.2, 0) is 28.7 Å². The zero-order valence-electron chi connectivity index (χ0n) is 18.5. The third-order valence-corrected chi connectivity index (χ3v) is 9.03. The van der Waals surface area contributed by atoms with Crippen LogP contribution in [0.3, 0.4) is 0 Å². The summed E-state index contributed by atoms with van der Waals surface area (Å²) in [6, 6.07) is -1.14. The maximum absolute atomic E-state index is 13.6. The molecule has 1 saturated carbocycles. The van der Waals surface area contributed by atoms with Crippen LogP contribution in [0.2, 0.25) is 0 Å². The lowest BCUT2D eigenvalue weighted by molar-refractivity contribution is -0.189. The van der Waals surface area contributed by atoms with E-state index in [9.17, 15) is 29.4 Å². The van der Waals surface area contributed by atoms with Gasteiger partial charge in [0.05, 0.1) is 24.2 Å². The first-order valence-corrected chi connectivity index (χ1v) is 11.2. The number of hydrogen-bond acceptors (Lipinski definition) is 10. The van der Waals surface area contributed by atoms with Crippen molar-refractivity contribution in [3.63, 3.8) is 0 Å². The summed E-state index contributed by atoms with van der Waals surface area (Å²) in [6.07, 6.45) is -2.61. The number of Topliss-reactive ketones (excluding diaryl/α,β-unsaturated/α-hetero) is 1. The van der Waals surface area contributed by atoms with Gasteiger partial charge in [-0.05, 0) is 6.92 Å². The van der Waals surface area contributed by atoms with Gasteiger partial charge in [-0.25, -0.2) is 0 Å². The molecule has 0 radical (unpaired) electrons. The van der Waals surface area contributed by atoms with E-state index in [0.717, 1.165) is 16.7 Å². The molecule has 4 aliphatic rings. The van der Waals surface area contributed by atoms with Crippen molar-refractivity contribution < 1.29 is 38.9 Å². The van der Waals surface area contributed by atoms with Crippen LogP contribution < -0.4 is 0 Å². The van der Waals surface area contributed by atoms with E-state index in [1.165, 1.54) is 7.05 Å². The number of thiol groups is 2. The molecule has 1 aliphatic carbocycles. The van der Waals surface area contributed by atoms with Crippen molar-refractivity contribution in [1.82, 2.24) is 9.80 Å². The Labute approximate surface area is 196 Å². The number of carbonyl (C=O) groups excluding carboxylic acids is 4. The molecule has 2 amide bonds. The number of hydrogen-bond donors (Lipinski definition) is 4. The number of rotatable bonds is 2. The highest BCUT2D eigenvalue weighted by Crippen LogP contribution is 2.62. The number of piperazine rings is 1. The SMILES string of the molecule is CC(=O)O[C@H]1[C@]2(O)C[C@@]3(S)C(=O)N(C)[C@@](S)(CO)C(=O)N3[C@@H]2C[C@]12O[C@H](C)C(C)(C)C2=O. The van der Waals surface area contributed by atoms with E-state index >= 15 is 0 Å². The number of amides is 2. The maximum Gasteiger partial charge on any atom is 0.303 e. The molecule has 0 aromatic heterocycles. The fourth-order valence-electron chi connectivity index (χ4n) is 5.78. The first-order chi connectivity index (χ1) is 14.5. The highest BCUT2D eigenvalue weighted by molar-refractivity contribution is 7.83. The van der Waals surface area contributed by atoms with Gasteiger partial charge in [0.2, 0.25) is 0 Å². The molecule has 4 fully saturated rings. The van der Waals surface area contributed by atoms with E-state index in [0.29, 0.717) is 0 Å². The minimum absolute atomic E-state index is 0.200. The van der Waals surface area contributed by atoms with Gasteiger partial charge in [0, 0.05) is 26.8 Å². The molecule has 2 N–H and O–H groups in total. The molecular formula is C20H28N2O8S2. The molecule has 4 rings (SSSR count). The Morgan fingerprint density at radius 3 is 2.31 bits per heavy atom. The van der Waals surface area contributed by atoms with Crippen LogP contribution >= 0.6 is 25.3 Å². The lowest BCUT2D eigenvalue weighted by Gasteiger charge is -2.51. The van der Waals surface area contributed by atoms with Crippen molar-refractivity contribution in [3.05, 3.63) is 0 Å². The second-order valence-corrected chi connectivity index (χ2v) is 11.4. The van der Waals surface area contributed by atoms with Crippen LogP contribution in [-0.4, -0.2) is 96.4 Å². The molecule has 0 unspecified atom stereocenters. The molecule has 0 aromatic rings. The number of aliphatic hydroxyl groups is 2. The number of carbonyl (C=O) groups is 4. The fourth-order valence-corrected chi connectivity index (χ4v) is 6.61. The number of ether oxygens (including phenoxy) is 2. The van der Waals surface area contributed by atoms with Gasteiger partial charge in [-0.15, -0.1) is 25.3 Å². The minimum atomic E-state index is -2.00. The Hall–Kier alpha value is -1.34. The zero-order chi connectivity index (χ0) is 24.2. The molecule has 32 heavy (non-hydrogen) atoms. The Bertz CT molecular complexity index is 945. The van der Waals surface area contributed by atoms with Gasteiger partial charge in [0.15, 0.2) is 27.2 Å². The summed E-state index contributed by atoms with van der Waals surface area (Å²) in [5, 5.41) is 21.8. The number of esters is 1. The lowest BCUT2D eigenvalue weighted by Crippen LogP contribution is -2.73. The van der Waals surface area contributed by atoms with Crippen LogP contribution in [0, 0.1) is 5.41 Å². The number of ketones is 1. The maximum atomic E-state index is 13.6. The quantitative estimate of drug-likeness (QED) is 0.291. The number of nitrogens with zero attached hydrogens (tertiary/aromatic N) is 2. The normalized spacial score (nSPS) is 47.3. The lowest BCUT2D eigenvalue weighted by atomic mass is 9.76. The Kier molecular flexibility index (Phi) is 4.93. The predicted molar refractivity (Wildman–Crippen MR) is 116 cm³/mol. The zero-order valence-corrected chi connectivity index (χ0v) is 20.3. The smallest absolute Gasteiger partial charge is 0.303 e. The summed E-state index contributed by atoms with van der Waals surface area (Å²) in [5.41, 5.74) is -4.63. The Balaban J connectivity index is 1.89. The molecule has 178 valence electrons. The number of likely N-dealkylation sites (N-methyl/N-ethyl adjacent to an activating group) is 1. The fraction of sp³-hybridized carbons (Fsp3) is 0.800. The van der Waals surface area contributed by atoms with E-state index in [-0.39, 0.29) is 12.2 Å². The van der Waals surface area contributed by atoms with Crippen LogP contribution in [0.5, 0.6) is 0 Å². The van der Waals surface area contributed by atoms with Gasteiger partial charge in [-0.1, -0.05) is 13.8 Å². The third-order valence-electron chi connectivity index (χ3n) is 7.83. The largest absolute Gasteiger partial charge is 0.456 e. The van der Waals surface area contributed by atoms with Gasteiger partial charge in [0.25, 0.3) is 11.8 Å². The first kappa shape index (κ1) is 23.8. The van der Waals surface area contributed by atoms with Gasteiger partial charge >= 0.3 is 5.97 Å². The molecule has 1 spiro atoms. The standard InChI is InChI=1S/C20H28N2O8S2/c1-9-16(3,4)12(25)18(30-9)6-11-17(28,13(18)29-10(2)24)7-19(31)14(26)21(5)20(32,8-23)15(27)22(11)19/h9,11,13,23,28,31-32H,6-8H2,1-5H3/t9-,11-,13+,17+,18-,19-,20-/m1/s1. The van der Waals surface area contributed by atoms with Crippen molar-refractivity contribution in [2.45, 2.75) is 79.7 Å². The Morgan fingerprint density at radius 1 is 1.25 bits per heavy atom. The van der Waals surface area contributed by atoms with Crippen LogP contribution in [0.25, 0.3) is 0 Å². The highest BCUT2D eigenvalue weighted by atomic mass is 32.1. The summed E-state index contributed by atoms with van der Waals surface area (Å²) in [6.45, 7) is 5.49. The monoisotopic (exact) mass is 488 g/mol. The van der Waals surface area contributed by atoms with Crippen molar-refractivity contribution in [3.8, 4) is 0 Å². The van der Waals surface area contributed by atoms with Gasteiger partial charge < -0.3 is 29.5 Å².